The molecule has 0 saturated heterocycles. The molecule has 0 aromatic heterocycles. The molecular formula is C18H19NO5. The van der Waals surface area contributed by atoms with Gasteiger partial charge in [-0.1, -0.05) is 30.3 Å². The van der Waals surface area contributed by atoms with Crippen LogP contribution < -0.4 is 5.32 Å². The first kappa shape index (κ1) is 17.5. The first-order valence-corrected chi connectivity index (χ1v) is 7.33. The van der Waals surface area contributed by atoms with Crippen LogP contribution in [0.1, 0.15) is 31.8 Å². The quantitative estimate of drug-likeness (QED) is 0.792. The molecule has 2 rings (SSSR count). The summed E-state index contributed by atoms with van der Waals surface area (Å²) in [4.78, 5) is 23.9. The highest BCUT2D eigenvalue weighted by Crippen LogP contribution is 2.23. The number of ether oxygens (including phenoxy) is 2. The highest BCUT2D eigenvalue weighted by molar-refractivity contribution is 6.07. The van der Waals surface area contributed by atoms with Crippen molar-refractivity contribution in [1.29, 1.82) is 0 Å². The maximum absolute atomic E-state index is 12.1. The van der Waals surface area contributed by atoms with Crippen molar-refractivity contribution in [2.45, 2.75) is 13.2 Å². The van der Waals surface area contributed by atoms with Crippen LogP contribution in [-0.2, 0) is 22.6 Å². The Morgan fingerprint density at radius 2 is 1.58 bits per heavy atom. The minimum absolute atomic E-state index is 0.0125. The Hall–Kier alpha value is -2.86. The van der Waals surface area contributed by atoms with E-state index in [-0.39, 0.29) is 17.7 Å². The highest BCUT2D eigenvalue weighted by atomic mass is 16.5. The van der Waals surface area contributed by atoms with Gasteiger partial charge >= 0.3 is 11.9 Å². The fourth-order valence-electron chi connectivity index (χ4n) is 2.26. The van der Waals surface area contributed by atoms with E-state index in [4.69, 9.17) is 14.6 Å². The third-order valence-corrected chi connectivity index (χ3v) is 3.55. The second kappa shape index (κ2) is 8.12. The van der Waals surface area contributed by atoms with Gasteiger partial charge in [-0.3, -0.25) is 0 Å². The summed E-state index contributed by atoms with van der Waals surface area (Å²) >= 11 is 0. The zero-order valence-electron chi connectivity index (χ0n) is 13.5. The molecule has 0 atom stereocenters. The summed E-state index contributed by atoms with van der Waals surface area (Å²) in [6.07, 6.45) is 0. The van der Waals surface area contributed by atoms with E-state index in [0.717, 1.165) is 11.1 Å². The molecule has 2 aromatic carbocycles. The summed E-state index contributed by atoms with van der Waals surface area (Å²) in [6, 6.07) is 12.3. The molecule has 0 aliphatic heterocycles. The molecule has 6 nitrogen and oxygen atoms in total. The molecule has 0 saturated carbocycles. The van der Waals surface area contributed by atoms with Gasteiger partial charge in [-0.15, -0.1) is 0 Å². The topological polar surface area (TPSA) is 84.9 Å². The molecule has 0 aliphatic carbocycles. The summed E-state index contributed by atoms with van der Waals surface area (Å²) in [5, 5.41) is 12.2. The Bertz CT molecular complexity index is 725. The molecule has 2 aromatic rings. The van der Waals surface area contributed by atoms with Crippen molar-refractivity contribution in [1.82, 2.24) is 0 Å². The van der Waals surface area contributed by atoms with Crippen molar-refractivity contribution >= 4 is 17.6 Å². The average Bonchev–Trinajstić information content (AvgIpc) is 2.65. The third kappa shape index (κ3) is 3.91. The Balaban J connectivity index is 2.28. The second-order valence-corrected chi connectivity index (χ2v) is 5.04. The van der Waals surface area contributed by atoms with E-state index < -0.39 is 11.9 Å². The first-order chi connectivity index (χ1) is 11.6. The summed E-state index contributed by atoms with van der Waals surface area (Å²) in [7, 11) is 2.51. The molecule has 0 heterocycles. The molecule has 0 unspecified atom stereocenters. The lowest BCUT2D eigenvalue weighted by molar-refractivity contribution is 0.0556. The van der Waals surface area contributed by atoms with E-state index >= 15 is 0 Å². The zero-order chi connectivity index (χ0) is 17.5. The maximum atomic E-state index is 12.1. The average molecular weight is 329 g/mol. The van der Waals surface area contributed by atoms with Gasteiger partial charge in [-0.25, -0.2) is 9.59 Å². The van der Waals surface area contributed by atoms with Crippen molar-refractivity contribution < 1.29 is 24.2 Å². The SMILES string of the molecule is COC(=O)c1cccc(NCc2ccc(CO)cc2)c1C(=O)OC. The number of aliphatic hydroxyl groups is 1. The Morgan fingerprint density at radius 1 is 0.958 bits per heavy atom. The molecule has 0 spiro atoms. The standard InChI is InChI=1S/C18H19NO5/c1-23-17(21)14-4-3-5-15(16(14)18(22)24-2)19-10-12-6-8-13(11-20)9-7-12/h3-9,19-20H,10-11H2,1-2H3. The van der Waals surface area contributed by atoms with E-state index in [0.29, 0.717) is 12.2 Å². The summed E-state index contributed by atoms with van der Waals surface area (Å²) < 4.78 is 9.50. The number of esters is 2. The number of methoxy groups -OCH3 is 2. The fraction of sp³-hybridized carbons (Fsp3) is 0.222. The van der Waals surface area contributed by atoms with E-state index in [9.17, 15) is 9.59 Å². The van der Waals surface area contributed by atoms with Crippen molar-refractivity contribution in [3.63, 3.8) is 0 Å². The lowest BCUT2D eigenvalue weighted by Crippen LogP contribution is -2.15. The normalized spacial score (nSPS) is 10.1. The number of carbonyl (C=O) groups is 2. The number of aliphatic hydroxyl groups excluding tert-OH is 1. The monoisotopic (exact) mass is 329 g/mol. The third-order valence-electron chi connectivity index (χ3n) is 3.55. The van der Waals surface area contributed by atoms with Gasteiger partial charge in [-0.05, 0) is 23.3 Å². The molecule has 0 radical (unpaired) electrons. The Morgan fingerprint density at radius 3 is 2.17 bits per heavy atom. The van der Waals surface area contributed by atoms with Crippen LogP contribution in [0.25, 0.3) is 0 Å². The van der Waals surface area contributed by atoms with Crippen molar-refractivity contribution in [3.05, 3.63) is 64.7 Å². The predicted octanol–water partition coefficient (Wildman–Crippen LogP) is 2.36. The highest BCUT2D eigenvalue weighted by Gasteiger charge is 2.22. The molecule has 6 heteroatoms. The zero-order valence-corrected chi connectivity index (χ0v) is 13.5. The molecule has 24 heavy (non-hydrogen) atoms. The Kier molecular flexibility index (Phi) is 5.92. The van der Waals surface area contributed by atoms with Gasteiger partial charge in [0.05, 0.1) is 32.0 Å². The summed E-state index contributed by atoms with van der Waals surface area (Å²) in [6.45, 7) is 0.432. The molecule has 0 bridgehead atoms. The molecule has 0 aliphatic rings. The minimum Gasteiger partial charge on any atom is -0.465 e. The number of rotatable bonds is 6. The molecule has 0 fully saturated rings. The minimum atomic E-state index is -0.617. The van der Waals surface area contributed by atoms with Crippen LogP contribution >= 0.6 is 0 Å². The van der Waals surface area contributed by atoms with Gasteiger partial charge in [0.1, 0.15) is 0 Å². The van der Waals surface area contributed by atoms with Crippen LogP contribution in [-0.4, -0.2) is 31.3 Å². The molecule has 2 N–H and O–H groups in total. The van der Waals surface area contributed by atoms with Crippen molar-refractivity contribution in [2.75, 3.05) is 19.5 Å². The Labute approximate surface area is 140 Å². The number of anilines is 1. The first-order valence-electron chi connectivity index (χ1n) is 7.33. The van der Waals surface area contributed by atoms with Gasteiger partial charge in [0, 0.05) is 12.2 Å². The van der Waals surface area contributed by atoms with E-state index in [2.05, 4.69) is 5.32 Å². The fourth-order valence-corrected chi connectivity index (χ4v) is 2.26. The lowest BCUT2D eigenvalue weighted by Gasteiger charge is -2.14. The molecule has 126 valence electrons. The lowest BCUT2D eigenvalue weighted by atomic mass is 10.0. The smallest absolute Gasteiger partial charge is 0.340 e. The van der Waals surface area contributed by atoms with Crippen LogP contribution in [0.4, 0.5) is 5.69 Å². The number of benzene rings is 2. The van der Waals surface area contributed by atoms with Crippen LogP contribution in [0.5, 0.6) is 0 Å². The van der Waals surface area contributed by atoms with Crippen LogP contribution in [0.3, 0.4) is 0 Å². The van der Waals surface area contributed by atoms with Crippen LogP contribution in [0, 0.1) is 0 Å². The van der Waals surface area contributed by atoms with E-state index in [1.807, 2.05) is 24.3 Å². The molecule has 0 amide bonds. The summed E-state index contributed by atoms with van der Waals surface area (Å²) in [5.41, 5.74) is 2.55. The maximum Gasteiger partial charge on any atom is 0.340 e. The van der Waals surface area contributed by atoms with Gasteiger partial charge in [0.25, 0.3) is 0 Å². The number of hydrogen-bond donors (Lipinski definition) is 2. The van der Waals surface area contributed by atoms with Crippen LogP contribution in [0.2, 0.25) is 0 Å². The van der Waals surface area contributed by atoms with Gasteiger partial charge < -0.3 is 19.9 Å². The molecular weight excluding hydrogens is 310 g/mol. The van der Waals surface area contributed by atoms with Gasteiger partial charge in [0.2, 0.25) is 0 Å². The van der Waals surface area contributed by atoms with Crippen molar-refractivity contribution in [2.24, 2.45) is 0 Å². The van der Waals surface area contributed by atoms with Crippen molar-refractivity contribution in [3.8, 4) is 0 Å². The number of carbonyl (C=O) groups excluding carboxylic acids is 2. The number of hydrogen-bond acceptors (Lipinski definition) is 6. The van der Waals surface area contributed by atoms with E-state index in [1.165, 1.54) is 20.3 Å². The summed E-state index contributed by atoms with van der Waals surface area (Å²) in [5.74, 6) is -1.22. The second-order valence-electron chi connectivity index (χ2n) is 5.04. The number of nitrogens with one attached hydrogen (secondary N) is 1. The van der Waals surface area contributed by atoms with Crippen LogP contribution in [0.15, 0.2) is 42.5 Å². The largest absolute Gasteiger partial charge is 0.465 e. The van der Waals surface area contributed by atoms with Gasteiger partial charge in [0.15, 0.2) is 0 Å². The predicted molar refractivity (Wildman–Crippen MR) is 88.8 cm³/mol. The van der Waals surface area contributed by atoms with E-state index in [1.54, 1.807) is 12.1 Å². The van der Waals surface area contributed by atoms with Gasteiger partial charge in [-0.2, -0.15) is 0 Å².